The van der Waals surface area contributed by atoms with Gasteiger partial charge in [0.2, 0.25) is 5.88 Å². The van der Waals surface area contributed by atoms with Gasteiger partial charge < -0.3 is 14.5 Å². The third kappa shape index (κ3) is 7.18. The van der Waals surface area contributed by atoms with Gasteiger partial charge in [-0.15, -0.1) is 0 Å². The monoisotopic (exact) mass is 449 g/mol. The predicted molar refractivity (Wildman–Crippen MR) is 136 cm³/mol. The lowest BCUT2D eigenvalue weighted by atomic mass is 10.0. The molecule has 0 fully saturated rings. The molecule has 3 aromatic rings. The second kappa shape index (κ2) is 12.6. The Morgan fingerprint density at radius 1 is 0.939 bits per heavy atom. The molecular formula is C28H39N3O2. The van der Waals surface area contributed by atoms with E-state index in [0.717, 1.165) is 54.3 Å². The first-order valence-electron chi connectivity index (χ1n) is 12.2. The molecule has 0 saturated carbocycles. The summed E-state index contributed by atoms with van der Waals surface area (Å²) < 4.78 is 5.91. The molecule has 5 heteroatoms. The minimum absolute atomic E-state index is 0.434. The summed E-state index contributed by atoms with van der Waals surface area (Å²) in [5.74, 6) is 1.43. The van der Waals surface area contributed by atoms with E-state index in [1.54, 1.807) is 0 Å². The van der Waals surface area contributed by atoms with Gasteiger partial charge in [0.1, 0.15) is 5.69 Å². The lowest BCUT2D eigenvalue weighted by Gasteiger charge is -2.27. The minimum Gasteiger partial charge on any atom is -0.391 e. The van der Waals surface area contributed by atoms with E-state index in [1.807, 2.05) is 36.4 Å². The summed E-state index contributed by atoms with van der Waals surface area (Å²) in [5.41, 5.74) is 4.21. The van der Waals surface area contributed by atoms with Gasteiger partial charge in [-0.3, -0.25) is 4.90 Å². The maximum absolute atomic E-state index is 10.9. The molecule has 33 heavy (non-hydrogen) atoms. The van der Waals surface area contributed by atoms with Gasteiger partial charge in [-0.1, -0.05) is 79.7 Å². The molecule has 178 valence electrons. The molecule has 0 aliphatic heterocycles. The molecule has 1 heterocycles. The fraction of sp³-hybridized carbons (Fsp3) is 0.464. The van der Waals surface area contributed by atoms with Crippen molar-refractivity contribution < 1.29 is 9.63 Å². The minimum atomic E-state index is -0.434. The molecule has 0 radical (unpaired) electrons. The Bertz CT molecular complexity index is 936. The highest BCUT2D eigenvalue weighted by Crippen LogP contribution is 2.32. The Morgan fingerprint density at radius 2 is 1.58 bits per heavy atom. The maximum atomic E-state index is 10.9. The van der Waals surface area contributed by atoms with Crippen LogP contribution >= 0.6 is 0 Å². The van der Waals surface area contributed by atoms with Crippen LogP contribution in [0, 0.1) is 5.92 Å². The van der Waals surface area contributed by atoms with Crippen molar-refractivity contribution >= 4 is 5.88 Å². The highest BCUT2D eigenvalue weighted by molar-refractivity contribution is 5.68. The van der Waals surface area contributed by atoms with Gasteiger partial charge in [-0.05, 0) is 44.7 Å². The second-order valence-electron chi connectivity index (χ2n) is 9.11. The zero-order valence-corrected chi connectivity index (χ0v) is 20.6. The van der Waals surface area contributed by atoms with Gasteiger partial charge in [0.25, 0.3) is 0 Å². The maximum Gasteiger partial charge on any atom is 0.232 e. The van der Waals surface area contributed by atoms with Crippen molar-refractivity contribution in [1.82, 2.24) is 10.1 Å². The van der Waals surface area contributed by atoms with Crippen molar-refractivity contribution in [1.29, 1.82) is 0 Å². The molecule has 0 amide bonds. The average molecular weight is 450 g/mol. The molecular weight excluding hydrogens is 410 g/mol. The number of nitrogens with zero attached hydrogens (tertiary/aromatic N) is 3. The average Bonchev–Trinajstić information content (AvgIpc) is 3.22. The van der Waals surface area contributed by atoms with E-state index in [4.69, 9.17) is 4.52 Å². The molecule has 0 aliphatic rings. The summed E-state index contributed by atoms with van der Waals surface area (Å²) >= 11 is 0. The summed E-state index contributed by atoms with van der Waals surface area (Å²) in [6.07, 6.45) is 1.29. The summed E-state index contributed by atoms with van der Waals surface area (Å²) in [7, 11) is 0. The van der Waals surface area contributed by atoms with Crippen LogP contribution in [0.25, 0.3) is 11.3 Å². The van der Waals surface area contributed by atoms with Gasteiger partial charge in [0.05, 0.1) is 11.7 Å². The fourth-order valence-corrected chi connectivity index (χ4v) is 4.17. The molecule has 1 atom stereocenters. The molecule has 1 aromatic heterocycles. The number of anilines is 1. The van der Waals surface area contributed by atoms with Crippen molar-refractivity contribution in [3.63, 3.8) is 0 Å². The lowest BCUT2D eigenvalue weighted by Crippen LogP contribution is -2.35. The third-order valence-corrected chi connectivity index (χ3v) is 6.05. The highest BCUT2D eigenvalue weighted by atomic mass is 16.5. The summed E-state index contributed by atoms with van der Waals surface area (Å²) in [5, 5.41) is 15.4. The summed E-state index contributed by atoms with van der Waals surface area (Å²) in [4.78, 5) is 4.58. The molecule has 0 saturated heterocycles. The molecule has 0 aliphatic carbocycles. The Labute approximate surface area is 199 Å². The molecule has 3 rings (SSSR count). The Kier molecular flexibility index (Phi) is 9.52. The van der Waals surface area contributed by atoms with Crippen LogP contribution < -0.4 is 4.90 Å². The second-order valence-corrected chi connectivity index (χ2v) is 9.11. The Balaban J connectivity index is 1.87. The van der Waals surface area contributed by atoms with E-state index in [1.165, 1.54) is 0 Å². The molecule has 1 N–H and O–H groups in total. The topological polar surface area (TPSA) is 52.7 Å². The normalized spacial score (nSPS) is 12.5. The van der Waals surface area contributed by atoms with Crippen LogP contribution in [0.1, 0.15) is 45.2 Å². The van der Waals surface area contributed by atoms with E-state index in [0.29, 0.717) is 25.4 Å². The number of aromatic nitrogens is 1. The van der Waals surface area contributed by atoms with E-state index >= 15 is 0 Å². The molecule has 0 bridgehead atoms. The smallest absolute Gasteiger partial charge is 0.232 e. The zero-order chi connectivity index (χ0) is 23.6. The van der Waals surface area contributed by atoms with E-state index in [2.05, 4.69) is 66.9 Å². The third-order valence-electron chi connectivity index (χ3n) is 6.05. The molecule has 0 spiro atoms. The largest absolute Gasteiger partial charge is 0.391 e. The Morgan fingerprint density at radius 3 is 2.18 bits per heavy atom. The van der Waals surface area contributed by atoms with Gasteiger partial charge >= 0.3 is 0 Å². The predicted octanol–water partition coefficient (Wildman–Crippen LogP) is 5.64. The van der Waals surface area contributed by atoms with Crippen molar-refractivity contribution in [2.24, 2.45) is 5.92 Å². The number of aliphatic hydroxyl groups excluding tert-OH is 1. The first kappa shape index (κ1) is 25.0. The van der Waals surface area contributed by atoms with Crippen LogP contribution in [0.2, 0.25) is 0 Å². The Hall–Kier alpha value is -2.63. The van der Waals surface area contributed by atoms with Gasteiger partial charge in [0, 0.05) is 31.7 Å². The van der Waals surface area contributed by atoms with E-state index in [-0.39, 0.29) is 0 Å². The SMILES string of the molecule is CCN(CC)c1onc(-c2ccccc2)c1CN(CCC(C)C)CC(O)Cc1ccccc1. The highest BCUT2D eigenvalue weighted by Gasteiger charge is 2.24. The standard InChI is InChI=1S/C28H39N3O2/c1-5-31(6-2)28-26(27(29-33-28)24-15-11-8-12-16-24)21-30(18-17-22(3)4)20-25(32)19-23-13-9-7-10-14-23/h7-16,22,25,32H,5-6,17-21H2,1-4H3. The van der Waals surface area contributed by atoms with E-state index < -0.39 is 6.10 Å². The van der Waals surface area contributed by atoms with Crippen LogP contribution in [-0.2, 0) is 13.0 Å². The van der Waals surface area contributed by atoms with Crippen molar-refractivity contribution in [2.75, 3.05) is 31.1 Å². The van der Waals surface area contributed by atoms with Crippen molar-refractivity contribution in [3.8, 4) is 11.3 Å². The number of benzene rings is 2. The van der Waals surface area contributed by atoms with Crippen LogP contribution in [-0.4, -0.2) is 47.4 Å². The molecule has 1 unspecified atom stereocenters. The number of rotatable bonds is 13. The first-order chi connectivity index (χ1) is 16.0. The van der Waals surface area contributed by atoms with Crippen molar-refractivity contribution in [2.45, 2.75) is 53.2 Å². The fourth-order valence-electron chi connectivity index (χ4n) is 4.17. The van der Waals surface area contributed by atoms with Gasteiger partial charge in [0.15, 0.2) is 0 Å². The summed E-state index contributed by atoms with van der Waals surface area (Å²) in [6, 6.07) is 20.5. The van der Waals surface area contributed by atoms with Crippen molar-refractivity contribution in [3.05, 3.63) is 71.8 Å². The van der Waals surface area contributed by atoms with Crippen LogP contribution in [0.5, 0.6) is 0 Å². The van der Waals surface area contributed by atoms with Crippen LogP contribution in [0.4, 0.5) is 5.88 Å². The number of hydrogen-bond acceptors (Lipinski definition) is 5. The first-order valence-corrected chi connectivity index (χ1v) is 12.2. The van der Waals surface area contributed by atoms with Crippen LogP contribution in [0.15, 0.2) is 65.2 Å². The van der Waals surface area contributed by atoms with E-state index in [9.17, 15) is 5.11 Å². The number of hydrogen-bond donors (Lipinski definition) is 1. The van der Waals surface area contributed by atoms with Gasteiger partial charge in [-0.2, -0.15) is 0 Å². The van der Waals surface area contributed by atoms with Gasteiger partial charge in [-0.25, -0.2) is 0 Å². The molecule has 2 aromatic carbocycles. The van der Waals surface area contributed by atoms with Crippen LogP contribution in [0.3, 0.4) is 0 Å². The zero-order valence-electron chi connectivity index (χ0n) is 20.6. The summed E-state index contributed by atoms with van der Waals surface area (Å²) in [6.45, 7) is 12.7. The molecule has 5 nitrogen and oxygen atoms in total. The lowest BCUT2D eigenvalue weighted by molar-refractivity contribution is 0.105. The number of aliphatic hydroxyl groups is 1. The quantitative estimate of drug-likeness (QED) is 0.366.